The standard InChI is InChI=1S/C11H15N3/c1-3-4-5-10-11-12-6-7-14(11)8-9(2)13-10/h6-8H,3-5H2,1-2H3. The van der Waals surface area contributed by atoms with Gasteiger partial charge in [-0.1, -0.05) is 13.3 Å². The van der Waals surface area contributed by atoms with Crippen molar-refractivity contribution in [1.82, 2.24) is 14.4 Å². The summed E-state index contributed by atoms with van der Waals surface area (Å²) >= 11 is 0. The molecule has 0 aromatic carbocycles. The van der Waals surface area contributed by atoms with E-state index in [-0.39, 0.29) is 0 Å². The molecule has 0 saturated carbocycles. The fraction of sp³-hybridized carbons (Fsp3) is 0.455. The number of hydrogen-bond acceptors (Lipinski definition) is 2. The van der Waals surface area contributed by atoms with E-state index in [1.54, 1.807) is 0 Å². The minimum atomic E-state index is 1.00. The second-order valence-electron chi connectivity index (χ2n) is 3.59. The van der Waals surface area contributed by atoms with E-state index in [2.05, 4.69) is 16.9 Å². The Labute approximate surface area is 83.8 Å². The first-order chi connectivity index (χ1) is 6.81. The molecule has 0 bridgehead atoms. The number of rotatable bonds is 3. The first kappa shape index (κ1) is 9.19. The van der Waals surface area contributed by atoms with Crippen molar-refractivity contribution in [2.24, 2.45) is 0 Å². The second kappa shape index (κ2) is 3.78. The molecule has 0 N–H and O–H groups in total. The van der Waals surface area contributed by atoms with Gasteiger partial charge in [-0.25, -0.2) is 4.98 Å². The van der Waals surface area contributed by atoms with E-state index < -0.39 is 0 Å². The molecule has 3 nitrogen and oxygen atoms in total. The molecular weight excluding hydrogens is 174 g/mol. The van der Waals surface area contributed by atoms with Gasteiger partial charge in [0.05, 0.1) is 11.4 Å². The van der Waals surface area contributed by atoms with Crippen LogP contribution in [0.3, 0.4) is 0 Å². The molecular formula is C11H15N3. The van der Waals surface area contributed by atoms with E-state index in [1.807, 2.05) is 29.9 Å². The Balaban J connectivity index is 2.44. The molecule has 2 aromatic heterocycles. The molecule has 74 valence electrons. The zero-order valence-electron chi connectivity index (χ0n) is 8.70. The molecule has 0 fully saturated rings. The number of nitrogens with zero attached hydrogens (tertiary/aromatic N) is 3. The number of unbranched alkanes of at least 4 members (excludes halogenated alkanes) is 1. The number of fused-ring (bicyclic) bond motifs is 1. The third-order valence-corrected chi connectivity index (χ3v) is 2.33. The maximum absolute atomic E-state index is 4.53. The van der Waals surface area contributed by atoms with Crippen molar-refractivity contribution >= 4 is 5.65 Å². The van der Waals surface area contributed by atoms with Crippen molar-refractivity contribution in [2.75, 3.05) is 0 Å². The van der Waals surface area contributed by atoms with Gasteiger partial charge in [0.15, 0.2) is 5.65 Å². The van der Waals surface area contributed by atoms with Gasteiger partial charge >= 0.3 is 0 Å². The predicted octanol–water partition coefficient (Wildman–Crippen LogP) is 2.38. The van der Waals surface area contributed by atoms with Crippen LogP contribution in [0.25, 0.3) is 5.65 Å². The molecule has 0 radical (unpaired) electrons. The van der Waals surface area contributed by atoms with Crippen LogP contribution in [0.2, 0.25) is 0 Å². The van der Waals surface area contributed by atoms with Crippen molar-refractivity contribution in [1.29, 1.82) is 0 Å². The van der Waals surface area contributed by atoms with Crippen molar-refractivity contribution in [3.8, 4) is 0 Å². The Bertz CT molecular complexity index is 431. The third-order valence-electron chi connectivity index (χ3n) is 2.33. The first-order valence-corrected chi connectivity index (χ1v) is 5.10. The van der Waals surface area contributed by atoms with Crippen LogP contribution in [-0.4, -0.2) is 14.4 Å². The average Bonchev–Trinajstić information content (AvgIpc) is 2.61. The summed E-state index contributed by atoms with van der Waals surface area (Å²) in [5.41, 5.74) is 3.18. The molecule has 0 aliphatic heterocycles. The summed E-state index contributed by atoms with van der Waals surface area (Å²) in [7, 11) is 0. The lowest BCUT2D eigenvalue weighted by Gasteiger charge is -2.03. The number of aryl methyl sites for hydroxylation is 2. The molecule has 0 aliphatic carbocycles. The van der Waals surface area contributed by atoms with E-state index >= 15 is 0 Å². The lowest BCUT2D eigenvalue weighted by Crippen LogP contribution is -1.99. The van der Waals surface area contributed by atoms with E-state index in [0.717, 1.165) is 23.5 Å². The lowest BCUT2D eigenvalue weighted by molar-refractivity contribution is 0.771. The van der Waals surface area contributed by atoms with Gasteiger partial charge in [0, 0.05) is 18.6 Å². The summed E-state index contributed by atoms with van der Waals surface area (Å²) in [6.45, 7) is 4.22. The summed E-state index contributed by atoms with van der Waals surface area (Å²) < 4.78 is 2.05. The molecule has 0 spiro atoms. The predicted molar refractivity (Wildman–Crippen MR) is 56.3 cm³/mol. The van der Waals surface area contributed by atoms with Gasteiger partial charge in [-0.15, -0.1) is 0 Å². The monoisotopic (exact) mass is 189 g/mol. The highest BCUT2D eigenvalue weighted by atomic mass is 15.0. The van der Waals surface area contributed by atoms with Gasteiger partial charge in [0.1, 0.15) is 0 Å². The highest BCUT2D eigenvalue weighted by Crippen LogP contribution is 2.10. The van der Waals surface area contributed by atoms with Crippen LogP contribution >= 0.6 is 0 Å². The van der Waals surface area contributed by atoms with Gasteiger partial charge in [-0.2, -0.15) is 0 Å². The summed E-state index contributed by atoms with van der Waals surface area (Å²) in [6, 6.07) is 0. The minimum Gasteiger partial charge on any atom is -0.304 e. The zero-order chi connectivity index (χ0) is 9.97. The molecule has 2 rings (SSSR count). The first-order valence-electron chi connectivity index (χ1n) is 5.10. The summed E-state index contributed by atoms with van der Waals surface area (Å²) in [5.74, 6) is 0. The number of aromatic nitrogens is 3. The maximum atomic E-state index is 4.53. The summed E-state index contributed by atoms with van der Waals surface area (Å²) in [4.78, 5) is 8.84. The zero-order valence-corrected chi connectivity index (χ0v) is 8.70. The topological polar surface area (TPSA) is 30.2 Å². The van der Waals surface area contributed by atoms with Gasteiger partial charge < -0.3 is 4.40 Å². The highest BCUT2D eigenvalue weighted by molar-refractivity contribution is 5.44. The van der Waals surface area contributed by atoms with Crippen LogP contribution < -0.4 is 0 Å². The van der Waals surface area contributed by atoms with Gasteiger partial charge in [-0.05, 0) is 19.8 Å². The van der Waals surface area contributed by atoms with Crippen LogP contribution in [0, 0.1) is 6.92 Å². The van der Waals surface area contributed by atoms with Crippen LogP contribution in [0.4, 0.5) is 0 Å². The Hall–Kier alpha value is -1.38. The summed E-state index contributed by atoms with van der Waals surface area (Å²) in [6.07, 6.45) is 9.21. The SMILES string of the molecule is CCCCc1nc(C)cn2ccnc12. The van der Waals surface area contributed by atoms with E-state index in [4.69, 9.17) is 0 Å². The Kier molecular flexibility index (Phi) is 2.48. The molecule has 3 heteroatoms. The second-order valence-corrected chi connectivity index (χ2v) is 3.59. The summed E-state index contributed by atoms with van der Waals surface area (Å²) in [5, 5.41) is 0. The average molecular weight is 189 g/mol. The molecule has 0 amide bonds. The van der Waals surface area contributed by atoms with Crippen molar-refractivity contribution < 1.29 is 0 Å². The van der Waals surface area contributed by atoms with Crippen LogP contribution in [-0.2, 0) is 6.42 Å². The van der Waals surface area contributed by atoms with Gasteiger partial charge in [0.25, 0.3) is 0 Å². The largest absolute Gasteiger partial charge is 0.304 e. The van der Waals surface area contributed by atoms with Crippen molar-refractivity contribution in [3.05, 3.63) is 30.0 Å². The fourth-order valence-corrected chi connectivity index (χ4v) is 1.65. The Morgan fingerprint density at radius 2 is 2.29 bits per heavy atom. The van der Waals surface area contributed by atoms with E-state index in [0.29, 0.717) is 0 Å². The van der Waals surface area contributed by atoms with E-state index in [9.17, 15) is 0 Å². The third kappa shape index (κ3) is 1.62. The fourth-order valence-electron chi connectivity index (χ4n) is 1.65. The number of hydrogen-bond donors (Lipinski definition) is 0. The Morgan fingerprint density at radius 3 is 3.07 bits per heavy atom. The molecule has 0 unspecified atom stereocenters. The molecule has 2 aromatic rings. The van der Waals surface area contributed by atoms with Crippen LogP contribution in [0.15, 0.2) is 18.6 Å². The molecule has 0 aliphatic rings. The smallest absolute Gasteiger partial charge is 0.158 e. The molecule has 14 heavy (non-hydrogen) atoms. The lowest BCUT2D eigenvalue weighted by atomic mass is 10.2. The van der Waals surface area contributed by atoms with Crippen molar-refractivity contribution in [2.45, 2.75) is 33.1 Å². The van der Waals surface area contributed by atoms with E-state index in [1.165, 1.54) is 12.8 Å². The van der Waals surface area contributed by atoms with Crippen LogP contribution in [0.1, 0.15) is 31.2 Å². The Morgan fingerprint density at radius 1 is 1.43 bits per heavy atom. The van der Waals surface area contributed by atoms with Gasteiger partial charge in [-0.3, -0.25) is 4.98 Å². The minimum absolute atomic E-state index is 1.00. The maximum Gasteiger partial charge on any atom is 0.158 e. The molecule has 0 atom stereocenters. The molecule has 2 heterocycles. The van der Waals surface area contributed by atoms with Gasteiger partial charge in [0.2, 0.25) is 0 Å². The highest BCUT2D eigenvalue weighted by Gasteiger charge is 2.04. The quantitative estimate of drug-likeness (QED) is 0.742. The van der Waals surface area contributed by atoms with Crippen LogP contribution in [0.5, 0.6) is 0 Å². The normalized spacial score (nSPS) is 11.0. The van der Waals surface area contributed by atoms with Crippen molar-refractivity contribution in [3.63, 3.8) is 0 Å². The number of imidazole rings is 1. The molecule has 0 saturated heterocycles.